The zero-order chi connectivity index (χ0) is 15.6. The molecule has 1 aromatic rings. The third-order valence-electron chi connectivity index (χ3n) is 3.52. The maximum Gasteiger partial charge on any atom is 0.244 e. The molecule has 1 saturated heterocycles. The summed E-state index contributed by atoms with van der Waals surface area (Å²) in [6.45, 7) is 2.22. The van der Waals surface area contributed by atoms with Crippen LogP contribution in [0.15, 0.2) is 32.6 Å². The highest BCUT2D eigenvalue weighted by Crippen LogP contribution is 2.32. The molecule has 21 heavy (non-hydrogen) atoms. The number of hydrogen-bond acceptors (Lipinski definition) is 4. The third kappa shape index (κ3) is 3.38. The van der Waals surface area contributed by atoms with Gasteiger partial charge in [-0.3, -0.25) is 0 Å². The summed E-state index contributed by atoms with van der Waals surface area (Å²) < 4.78 is 27.3. The van der Waals surface area contributed by atoms with Crippen LogP contribution in [-0.2, 0) is 14.8 Å². The highest BCUT2D eigenvalue weighted by molar-refractivity contribution is 9.10. The number of halogens is 2. The van der Waals surface area contributed by atoms with Crippen LogP contribution >= 0.6 is 27.5 Å². The summed E-state index contributed by atoms with van der Waals surface area (Å²) in [5.41, 5.74) is 0. The first-order valence-corrected chi connectivity index (χ1v) is 9.03. The number of sulfonamides is 1. The van der Waals surface area contributed by atoms with E-state index in [1.54, 1.807) is 0 Å². The van der Waals surface area contributed by atoms with Crippen molar-refractivity contribution < 1.29 is 13.2 Å². The molecule has 5 nitrogen and oxygen atoms in total. The Morgan fingerprint density at radius 1 is 1.48 bits per heavy atom. The summed E-state index contributed by atoms with van der Waals surface area (Å²) in [5, 5.41) is 0.434. The molecule has 0 aliphatic carbocycles. The van der Waals surface area contributed by atoms with Gasteiger partial charge in [0, 0.05) is 11.0 Å². The molecular weight excluding hydrogens is 380 g/mol. The van der Waals surface area contributed by atoms with Crippen molar-refractivity contribution in [3.05, 3.63) is 27.7 Å². The van der Waals surface area contributed by atoms with Crippen LogP contribution in [0.1, 0.15) is 19.8 Å². The summed E-state index contributed by atoms with van der Waals surface area (Å²) >= 11 is 9.11. The summed E-state index contributed by atoms with van der Waals surface area (Å²) in [6, 6.07) is 4.42. The highest BCUT2D eigenvalue weighted by Gasteiger charge is 2.37. The van der Waals surface area contributed by atoms with E-state index in [1.165, 1.54) is 28.6 Å². The van der Waals surface area contributed by atoms with Gasteiger partial charge in [-0.25, -0.2) is 13.2 Å². The van der Waals surface area contributed by atoms with E-state index < -0.39 is 16.2 Å². The van der Waals surface area contributed by atoms with Gasteiger partial charge < -0.3 is 0 Å². The van der Waals surface area contributed by atoms with E-state index >= 15 is 0 Å². The molecular formula is C13H14BrClN2O3S. The van der Waals surface area contributed by atoms with Crippen LogP contribution < -0.4 is 0 Å². The van der Waals surface area contributed by atoms with Gasteiger partial charge in [-0.15, -0.1) is 0 Å². The van der Waals surface area contributed by atoms with Gasteiger partial charge in [-0.05, 0) is 52.9 Å². The Morgan fingerprint density at radius 3 is 2.81 bits per heavy atom. The number of piperidine rings is 1. The average molecular weight is 394 g/mol. The first kappa shape index (κ1) is 16.6. The lowest BCUT2D eigenvalue weighted by molar-refractivity contribution is 0.194. The lowest BCUT2D eigenvalue weighted by Gasteiger charge is -2.35. The molecule has 1 aliphatic heterocycles. The quantitative estimate of drug-likeness (QED) is 0.585. The molecule has 0 saturated carbocycles. The lowest BCUT2D eigenvalue weighted by atomic mass is 9.98. The van der Waals surface area contributed by atoms with Crippen LogP contribution in [0.2, 0.25) is 5.02 Å². The number of hydrogen-bond donors (Lipinski definition) is 0. The Bertz CT molecular complexity index is 689. The number of carbonyl (C=O) groups excluding carboxylic acids is 1. The Balaban J connectivity index is 2.45. The number of benzene rings is 1. The highest BCUT2D eigenvalue weighted by atomic mass is 79.9. The Labute approximate surface area is 137 Å². The number of rotatable bonds is 3. The molecule has 0 N–H and O–H groups in total. The Kier molecular flexibility index (Phi) is 5.22. The topological polar surface area (TPSA) is 66.8 Å². The SMILES string of the molecule is CC1CCCN(S(=O)(=O)c2ccc(Cl)c(Br)c2)C1N=C=O. The molecule has 0 spiro atoms. The van der Waals surface area contributed by atoms with Crippen LogP contribution in [-0.4, -0.2) is 31.5 Å². The fraction of sp³-hybridized carbons (Fsp3) is 0.462. The summed E-state index contributed by atoms with van der Waals surface area (Å²) in [4.78, 5) is 14.4. The molecule has 0 amide bonds. The first-order chi connectivity index (χ1) is 9.87. The van der Waals surface area contributed by atoms with Gasteiger partial charge in [0.2, 0.25) is 16.1 Å². The standard InChI is InChI=1S/C13H14BrClN2O3S/c1-9-3-2-6-17(13(9)16-8-18)21(19,20)10-4-5-12(15)11(14)7-10/h4-5,7,9,13H,2-3,6H2,1H3. The van der Waals surface area contributed by atoms with Crippen molar-refractivity contribution in [2.24, 2.45) is 10.9 Å². The van der Waals surface area contributed by atoms with Crippen molar-refractivity contribution in [2.45, 2.75) is 30.8 Å². The van der Waals surface area contributed by atoms with Crippen LogP contribution in [0.3, 0.4) is 0 Å². The van der Waals surface area contributed by atoms with E-state index in [2.05, 4.69) is 20.9 Å². The van der Waals surface area contributed by atoms with Gasteiger partial charge >= 0.3 is 0 Å². The van der Waals surface area contributed by atoms with Gasteiger partial charge in [0.25, 0.3) is 0 Å². The lowest BCUT2D eigenvalue weighted by Crippen LogP contribution is -2.46. The molecule has 0 radical (unpaired) electrons. The zero-order valence-corrected chi connectivity index (χ0v) is 14.4. The van der Waals surface area contributed by atoms with Crippen LogP contribution in [0.25, 0.3) is 0 Å². The number of nitrogens with zero attached hydrogens (tertiary/aromatic N) is 2. The van der Waals surface area contributed by atoms with Crippen molar-refractivity contribution in [3.8, 4) is 0 Å². The predicted molar refractivity (Wildman–Crippen MR) is 83.4 cm³/mol. The fourth-order valence-corrected chi connectivity index (χ4v) is 4.75. The first-order valence-electron chi connectivity index (χ1n) is 6.42. The van der Waals surface area contributed by atoms with Crippen molar-refractivity contribution in [1.29, 1.82) is 0 Å². The van der Waals surface area contributed by atoms with Gasteiger partial charge in [-0.2, -0.15) is 9.30 Å². The minimum absolute atomic E-state index is 0.0225. The Hall–Kier alpha value is -0.720. The van der Waals surface area contributed by atoms with Crippen molar-refractivity contribution in [1.82, 2.24) is 4.31 Å². The molecule has 114 valence electrons. The molecule has 0 bridgehead atoms. The second-order valence-electron chi connectivity index (χ2n) is 4.95. The molecule has 2 rings (SSSR count). The van der Waals surface area contributed by atoms with Crippen LogP contribution in [0.4, 0.5) is 0 Å². The van der Waals surface area contributed by atoms with Crippen molar-refractivity contribution in [3.63, 3.8) is 0 Å². The predicted octanol–water partition coefficient (Wildman–Crippen LogP) is 3.19. The maximum atomic E-state index is 12.8. The Morgan fingerprint density at radius 2 is 2.19 bits per heavy atom. The van der Waals surface area contributed by atoms with E-state index in [9.17, 15) is 13.2 Å². The minimum atomic E-state index is -3.73. The second-order valence-corrected chi connectivity index (χ2v) is 8.10. The molecule has 2 unspecified atom stereocenters. The summed E-state index contributed by atoms with van der Waals surface area (Å²) in [5.74, 6) is -0.0225. The van der Waals surface area contributed by atoms with Gasteiger partial charge in [0.05, 0.1) is 9.92 Å². The van der Waals surface area contributed by atoms with Crippen LogP contribution in [0, 0.1) is 5.92 Å². The molecule has 1 aromatic carbocycles. The van der Waals surface area contributed by atoms with E-state index in [0.29, 0.717) is 16.0 Å². The molecule has 1 fully saturated rings. The number of aliphatic imine (C=N–C) groups is 1. The zero-order valence-electron chi connectivity index (χ0n) is 11.3. The monoisotopic (exact) mass is 392 g/mol. The average Bonchev–Trinajstić information content (AvgIpc) is 2.44. The molecule has 0 aromatic heterocycles. The molecule has 8 heteroatoms. The van der Waals surface area contributed by atoms with Crippen molar-refractivity contribution in [2.75, 3.05) is 6.54 Å². The maximum absolute atomic E-state index is 12.8. The van der Waals surface area contributed by atoms with Gasteiger partial charge in [0.1, 0.15) is 6.17 Å². The van der Waals surface area contributed by atoms with E-state index in [1.807, 2.05) is 6.92 Å². The summed E-state index contributed by atoms with van der Waals surface area (Å²) in [7, 11) is -3.73. The smallest absolute Gasteiger partial charge is 0.211 e. The van der Waals surface area contributed by atoms with Gasteiger partial charge in [0.15, 0.2) is 0 Å². The van der Waals surface area contributed by atoms with Crippen LogP contribution in [0.5, 0.6) is 0 Å². The van der Waals surface area contributed by atoms with E-state index in [-0.39, 0.29) is 10.8 Å². The summed E-state index contributed by atoms with van der Waals surface area (Å²) in [6.07, 6.45) is 2.34. The second kappa shape index (κ2) is 6.58. The largest absolute Gasteiger partial charge is 0.244 e. The normalized spacial score (nSPS) is 23.6. The van der Waals surface area contributed by atoms with E-state index in [0.717, 1.165) is 12.8 Å². The molecule has 1 heterocycles. The van der Waals surface area contributed by atoms with E-state index in [4.69, 9.17) is 11.6 Å². The van der Waals surface area contributed by atoms with Crippen molar-refractivity contribution >= 4 is 43.6 Å². The third-order valence-corrected chi connectivity index (χ3v) is 6.60. The van der Waals surface area contributed by atoms with Gasteiger partial charge in [-0.1, -0.05) is 18.5 Å². The minimum Gasteiger partial charge on any atom is -0.211 e. The number of isocyanates is 1. The molecule has 1 aliphatic rings. The molecule has 2 atom stereocenters. The fourth-order valence-electron chi connectivity index (χ4n) is 2.41.